The van der Waals surface area contributed by atoms with Crippen molar-refractivity contribution >= 4 is 0 Å². The van der Waals surface area contributed by atoms with Gasteiger partial charge in [0.1, 0.15) is 30.1 Å². The largest absolute Gasteiger partial charge is 0.488 e. The zero-order valence-electron chi connectivity index (χ0n) is 11.4. The van der Waals surface area contributed by atoms with Crippen molar-refractivity contribution in [3.8, 4) is 11.8 Å². The first-order valence-corrected chi connectivity index (χ1v) is 6.38. The molecule has 0 aliphatic rings. The third-order valence-corrected chi connectivity index (χ3v) is 3.05. The fourth-order valence-electron chi connectivity index (χ4n) is 1.94. The Labute approximate surface area is 121 Å². The second-order valence-electron chi connectivity index (χ2n) is 4.65. The highest BCUT2D eigenvalue weighted by Gasteiger charge is 2.12. The van der Waals surface area contributed by atoms with Crippen LogP contribution in [-0.2, 0) is 6.61 Å². The number of nitriles is 1. The van der Waals surface area contributed by atoms with E-state index in [1.165, 1.54) is 30.3 Å². The summed E-state index contributed by atoms with van der Waals surface area (Å²) in [6.45, 7) is 1.64. The van der Waals surface area contributed by atoms with E-state index in [9.17, 15) is 8.78 Å². The molecule has 108 valence electrons. The SMILES string of the molecule is C[C@H](N)c1ccc(F)cc1OCc1cccc(C#N)c1F. The molecule has 0 aromatic heterocycles. The van der Waals surface area contributed by atoms with Gasteiger partial charge >= 0.3 is 0 Å². The highest BCUT2D eigenvalue weighted by atomic mass is 19.1. The standard InChI is InChI=1S/C16H14F2N2O/c1-10(20)14-6-5-13(17)7-15(14)21-9-12-4-2-3-11(8-19)16(12)18/h2-7,10H,9,20H2,1H3/t10-/m0/s1. The Morgan fingerprint density at radius 1 is 1.29 bits per heavy atom. The lowest BCUT2D eigenvalue weighted by Crippen LogP contribution is -2.09. The first-order chi connectivity index (χ1) is 10.0. The predicted octanol–water partition coefficient (Wildman–Crippen LogP) is 3.44. The summed E-state index contributed by atoms with van der Waals surface area (Å²) in [5, 5.41) is 8.78. The minimum absolute atomic E-state index is 0.0530. The lowest BCUT2D eigenvalue weighted by molar-refractivity contribution is 0.293. The zero-order valence-corrected chi connectivity index (χ0v) is 11.4. The number of halogens is 2. The van der Waals surface area contributed by atoms with Gasteiger partial charge in [0.2, 0.25) is 0 Å². The molecule has 0 heterocycles. The topological polar surface area (TPSA) is 59.0 Å². The van der Waals surface area contributed by atoms with Crippen LogP contribution in [0.2, 0.25) is 0 Å². The van der Waals surface area contributed by atoms with E-state index >= 15 is 0 Å². The van der Waals surface area contributed by atoms with Crippen molar-refractivity contribution in [1.29, 1.82) is 5.26 Å². The average molecular weight is 288 g/mol. The Hall–Kier alpha value is -2.45. The molecule has 5 heteroatoms. The van der Waals surface area contributed by atoms with Crippen molar-refractivity contribution in [2.24, 2.45) is 5.73 Å². The third kappa shape index (κ3) is 3.36. The zero-order chi connectivity index (χ0) is 15.4. The van der Waals surface area contributed by atoms with Gasteiger partial charge in [-0.3, -0.25) is 0 Å². The molecule has 0 saturated carbocycles. The predicted molar refractivity (Wildman–Crippen MR) is 74.4 cm³/mol. The molecule has 0 aliphatic carbocycles. The summed E-state index contributed by atoms with van der Waals surface area (Å²) >= 11 is 0. The minimum atomic E-state index is -0.626. The van der Waals surface area contributed by atoms with Crippen LogP contribution in [0.4, 0.5) is 8.78 Å². The van der Waals surface area contributed by atoms with Crippen molar-refractivity contribution < 1.29 is 13.5 Å². The Balaban J connectivity index is 2.25. The van der Waals surface area contributed by atoms with E-state index in [4.69, 9.17) is 15.7 Å². The molecule has 0 aliphatic heterocycles. The first-order valence-electron chi connectivity index (χ1n) is 6.38. The Kier molecular flexibility index (Phi) is 4.51. The van der Waals surface area contributed by atoms with Crippen molar-refractivity contribution in [3.63, 3.8) is 0 Å². The highest BCUT2D eigenvalue weighted by Crippen LogP contribution is 2.26. The molecular weight excluding hydrogens is 274 g/mol. The van der Waals surface area contributed by atoms with Crippen molar-refractivity contribution in [2.45, 2.75) is 19.6 Å². The van der Waals surface area contributed by atoms with Crippen LogP contribution in [0.15, 0.2) is 36.4 Å². The number of nitrogens with zero attached hydrogens (tertiary/aromatic N) is 1. The van der Waals surface area contributed by atoms with Crippen LogP contribution in [0, 0.1) is 23.0 Å². The van der Waals surface area contributed by atoms with Crippen LogP contribution in [0.3, 0.4) is 0 Å². The monoisotopic (exact) mass is 288 g/mol. The van der Waals surface area contributed by atoms with Gasteiger partial charge in [0.15, 0.2) is 0 Å². The first kappa shape index (κ1) is 14.9. The van der Waals surface area contributed by atoms with Crippen LogP contribution in [-0.4, -0.2) is 0 Å². The smallest absolute Gasteiger partial charge is 0.147 e. The highest BCUT2D eigenvalue weighted by molar-refractivity contribution is 5.38. The summed E-state index contributed by atoms with van der Waals surface area (Å²) in [5.74, 6) is -0.814. The van der Waals surface area contributed by atoms with Crippen LogP contribution < -0.4 is 10.5 Å². The van der Waals surface area contributed by atoms with E-state index in [0.717, 1.165) is 0 Å². The summed E-state index contributed by atoms with van der Waals surface area (Å²) in [6.07, 6.45) is 0. The molecule has 0 unspecified atom stereocenters. The summed E-state index contributed by atoms with van der Waals surface area (Å²) < 4.78 is 32.7. The number of hydrogen-bond acceptors (Lipinski definition) is 3. The molecule has 0 fully saturated rings. The quantitative estimate of drug-likeness (QED) is 0.937. The molecule has 2 aromatic rings. The van der Waals surface area contributed by atoms with Gasteiger partial charge in [-0.1, -0.05) is 18.2 Å². The fourth-order valence-corrected chi connectivity index (χ4v) is 1.94. The lowest BCUT2D eigenvalue weighted by atomic mass is 10.1. The molecule has 21 heavy (non-hydrogen) atoms. The maximum Gasteiger partial charge on any atom is 0.147 e. The molecule has 2 rings (SSSR count). The third-order valence-electron chi connectivity index (χ3n) is 3.05. The minimum Gasteiger partial charge on any atom is -0.488 e. The van der Waals surface area contributed by atoms with E-state index < -0.39 is 11.6 Å². The van der Waals surface area contributed by atoms with Gasteiger partial charge in [0.05, 0.1) is 5.56 Å². The van der Waals surface area contributed by atoms with Crippen LogP contribution in [0.1, 0.15) is 29.7 Å². The Bertz CT molecular complexity index is 693. The molecule has 0 saturated heterocycles. The van der Waals surface area contributed by atoms with Gasteiger partial charge in [-0.05, 0) is 19.1 Å². The molecule has 0 amide bonds. The lowest BCUT2D eigenvalue weighted by Gasteiger charge is -2.14. The Morgan fingerprint density at radius 3 is 2.71 bits per heavy atom. The van der Waals surface area contributed by atoms with Gasteiger partial charge in [-0.15, -0.1) is 0 Å². The second kappa shape index (κ2) is 6.33. The van der Waals surface area contributed by atoms with Gasteiger partial charge in [0.25, 0.3) is 0 Å². The van der Waals surface area contributed by atoms with Crippen molar-refractivity contribution in [3.05, 3.63) is 64.7 Å². The Morgan fingerprint density at radius 2 is 2.05 bits per heavy atom. The van der Waals surface area contributed by atoms with E-state index in [-0.39, 0.29) is 29.5 Å². The van der Waals surface area contributed by atoms with Gasteiger partial charge in [0, 0.05) is 23.2 Å². The van der Waals surface area contributed by atoms with Gasteiger partial charge in [-0.2, -0.15) is 5.26 Å². The number of benzene rings is 2. The van der Waals surface area contributed by atoms with Gasteiger partial charge in [-0.25, -0.2) is 8.78 Å². The van der Waals surface area contributed by atoms with Crippen molar-refractivity contribution in [1.82, 2.24) is 0 Å². The van der Waals surface area contributed by atoms with Crippen LogP contribution in [0.5, 0.6) is 5.75 Å². The number of ether oxygens (including phenoxy) is 1. The molecule has 0 radical (unpaired) electrons. The molecular formula is C16H14F2N2O. The van der Waals surface area contributed by atoms with E-state index in [2.05, 4.69) is 0 Å². The summed E-state index contributed by atoms with van der Waals surface area (Å²) in [4.78, 5) is 0. The summed E-state index contributed by atoms with van der Waals surface area (Å²) in [5.41, 5.74) is 6.60. The molecule has 2 N–H and O–H groups in total. The summed E-state index contributed by atoms with van der Waals surface area (Å²) in [6, 6.07) is 9.94. The fraction of sp³-hybridized carbons (Fsp3) is 0.188. The van der Waals surface area contributed by atoms with Crippen LogP contribution >= 0.6 is 0 Å². The van der Waals surface area contributed by atoms with Crippen LogP contribution in [0.25, 0.3) is 0 Å². The molecule has 0 bridgehead atoms. The maximum atomic E-state index is 13.9. The van der Waals surface area contributed by atoms with Crippen molar-refractivity contribution in [2.75, 3.05) is 0 Å². The van der Waals surface area contributed by atoms with E-state index in [1.807, 2.05) is 0 Å². The number of nitrogens with two attached hydrogens (primary N) is 1. The number of hydrogen-bond donors (Lipinski definition) is 1. The molecule has 3 nitrogen and oxygen atoms in total. The molecule has 1 atom stereocenters. The van der Waals surface area contributed by atoms with E-state index in [1.54, 1.807) is 19.1 Å². The van der Waals surface area contributed by atoms with E-state index in [0.29, 0.717) is 5.56 Å². The molecule has 0 spiro atoms. The van der Waals surface area contributed by atoms with Gasteiger partial charge < -0.3 is 10.5 Å². The number of rotatable bonds is 4. The second-order valence-corrected chi connectivity index (χ2v) is 4.65. The maximum absolute atomic E-state index is 13.9. The summed E-state index contributed by atoms with van der Waals surface area (Å²) in [7, 11) is 0. The molecule has 2 aromatic carbocycles. The normalized spacial score (nSPS) is 11.8. The average Bonchev–Trinajstić information content (AvgIpc) is 2.46.